The number of hydrogen-bond donors (Lipinski definition) is 0. The van der Waals surface area contributed by atoms with Crippen LogP contribution in [0.25, 0.3) is 0 Å². The van der Waals surface area contributed by atoms with Crippen molar-refractivity contribution in [3.8, 4) is 0 Å². The molecule has 68 valence electrons. The Hall–Kier alpha value is -1.31. The van der Waals surface area contributed by atoms with Gasteiger partial charge in [-0.25, -0.2) is 4.99 Å². The van der Waals surface area contributed by atoms with E-state index in [0.717, 1.165) is 5.90 Å². The lowest BCUT2D eigenvalue weighted by Gasteiger charge is -2.14. The minimum atomic E-state index is 0.112. The summed E-state index contributed by atoms with van der Waals surface area (Å²) in [6.07, 6.45) is 0.112. The van der Waals surface area contributed by atoms with Crippen LogP contribution >= 0.6 is 0 Å². The molecule has 0 saturated heterocycles. The lowest BCUT2D eigenvalue weighted by molar-refractivity contribution is 0.200. The molecule has 13 heavy (non-hydrogen) atoms. The largest absolute Gasteiger partial charge is 0.471 e. The van der Waals surface area contributed by atoms with Gasteiger partial charge >= 0.3 is 0 Å². The molecular weight excluding hydrogens is 162 g/mol. The van der Waals surface area contributed by atoms with E-state index in [1.807, 2.05) is 25.1 Å². The molecule has 2 atom stereocenters. The second-order valence-corrected chi connectivity index (χ2v) is 3.34. The van der Waals surface area contributed by atoms with E-state index in [1.165, 1.54) is 5.56 Å². The van der Waals surface area contributed by atoms with Crippen molar-refractivity contribution in [2.24, 2.45) is 4.99 Å². The third-order valence-electron chi connectivity index (χ3n) is 2.25. The second kappa shape index (κ2) is 3.21. The maximum atomic E-state index is 5.61. The number of hydrogen-bond acceptors (Lipinski definition) is 2. The highest BCUT2D eigenvalue weighted by atomic mass is 16.5. The molecule has 0 spiro atoms. The van der Waals surface area contributed by atoms with Gasteiger partial charge in [0.15, 0.2) is 5.90 Å². The average molecular weight is 175 g/mol. The number of benzene rings is 1. The zero-order valence-electron chi connectivity index (χ0n) is 7.90. The van der Waals surface area contributed by atoms with Crippen LogP contribution in [0.5, 0.6) is 0 Å². The Morgan fingerprint density at radius 1 is 1.23 bits per heavy atom. The molecule has 0 N–H and O–H groups in total. The third-order valence-corrected chi connectivity index (χ3v) is 2.25. The highest BCUT2D eigenvalue weighted by molar-refractivity contribution is 5.75. The van der Waals surface area contributed by atoms with Gasteiger partial charge in [0.05, 0.1) is 6.04 Å². The molecule has 0 radical (unpaired) electrons. The molecule has 0 amide bonds. The molecule has 0 unspecified atom stereocenters. The average Bonchev–Trinajstić information content (AvgIpc) is 2.47. The van der Waals surface area contributed by atoms with E-state index in [0.29, 0.717) is 0 Å². The second-order valence-electron chi connectivity index (χ2n) is 3.34. The molecule has 0 aliphatic carbocycles. The molecule has 1 aromatic rings. The molecule has 0 aromatic heterocycles. The SMILES string of the molecule is CC1=N[C@H](C)[C@H](c2ccccc2)O1. The highest BCUT2D eigenvalue weighted by Crippen LogP contribution is 2.28. The van der Waals surface area contributed by atoms with Gasteiger partial charge in [0.25, 0.3) is 0 Å². The fourth-order valence-electron chi connectivity index (χ4n) is 1.66. The van der Waals surface area contributed by atoms with Crippen LogP contribution in [0.15, 0.2) is 35.3 Å². The van der Waals surface area contributed by atoms with Gasteiger partial charge in [-0.3, -0.25) is 0 Å². The molecule has 1 aromatic carbocycles. The summed E-state index contributed by atoms with van der Waals surface area (Å²) >= 11 is 0. The fraction of sp³-hybridized carbons (Fsp3) is 0.364. The maximum Gasteiger partial charge on any atom is 0.181 e. The third kappa shape index (κ3) is 1.57. The van der Waals surface area contributed by atoms with E-state index in [9.17, 15) is 0 Å². The summed E-state index contributed by atoms with van der Waals surface area (Å²) in [6, 6.07) is 10.5. The van der Waals surface area contributed by atoms with E-state index in [4.69, 9.17) is 4.74 Å². The normalized spacial score (nSPS) is 26.8. The molecule has 0 saturated carbocycles. The highest BCUT2D eigenvalue weighted by Gasteiger charge is 2.26. The van der Waals surface area contributed by atoms with Crippen LogP contribution in [0.2, 0.25) is 0 Å². The summed E-state index contributed by atoms with van der Waals surface area (Å²) in [5, 5.41) is 0. The zero-order chi connectivity index (χ0) is 9.26. The topological polar surface area (TPSA) is 21.6 Å². The van der Waals surface area contributed by atoms with Crippen LogP contribution in [0, 0.1) is 0 Å². The summed E-state index contributed by atoms with van der Waals surface area (Å²) in [7, 11) is 0. The van der Waals surface area contributed by atoms with Crippen molar-refractivity contribution < 1.29 is 4.74 Å². The molecule has 1 aliphatic heterocycles. The Morgan fingerprint density at radius 2 is 1.92 bits per heavy atom. The van der Waals surface area contributed by atoms with Gasteiger partial charge in [-0.05, 0) is 12.5 Å². The van der Waals surface area contributed by atoms with Crippen molar-refractivity contribution in [2.45, 2.75) is 26.0 Å². The first-order valence-electron chi connectivity index (χ1n) is 4.53. The quantitative estimate of drug-likeness (QED) is 0.642. The number of ether oxygens (including phenoxy) is 1. The minimum absolute atomic E-state index is 0.112. The lowest BCUT2D eigenvalue weighted by atomic mass is 10.0. The predicted octanol–water partition coefficient (Wildman–Crippen LogP) is 2.56. The number of rotatable bonds is 1. The minimum Gasteiger partial charge on any atom is -0.471 e. The van der Waals surface area contributed by atoms with E-state index in [-0.39, 0.29) is 12.1 Å². The summed E-state index contributed by atoms with van der Waals surface area (Å²) in [5.41, 5.74) is 1.20. The predicted molar refractivity (Wildman–Crippen MR) is 52.8 cm³/mol. The van der Waals surface area contributed by atoms with Gasteiger partial charge in [-0.2, -0.15) is 0 Å². The molecular formula is C11H13NO. The molecule has 2 rings (SSSR count). The van der Waals surface area contributed by atoms with Crippen molar-refractivity contribution in [2.75, 3.05) is 0 Å². The summed E-state index contributed by atoms with van der Waals surface area (Å²) in [4.78, 5) is 4.34. The van der Waals surface area contributed by atoms with Gasteiger partial charge < -0.3 is 4.74 Å². The van der Waals surface area contributed by atoms with Crippen LogP contribution in [0.4, 0.5) is 0 Å². The Kier molecular flexibility index (Phi) is 2.05. The van der Waals surface area contributed by atoms with E-state index in [2.05, 4.69) is 24.0 Å². The first-order chi connectivity index (χ1) is 6.27. The van der Waals surface area contributed by atoms with Crippen LogP contribution in [0.1, 0.15) is 25.5 Å². The van der Waals surface area contributed by atoms with Gasteiger partial charge in [0.1, 0.15) is 6.10 Å². The van der Waals surface area contributed by atoms with E-state index in [1.54, 1.807) is 0 Å². The van der Waals surface area contributed by atoms with Gasteiger partial charge in [0.2, 0.25) is 0 Å². The molecule has 2 nitrogen and oxygen atoms in total. The Bertz CT molecular complexity index is 318. The van der Waals surface area contributed by atoms with E-state index >= 15 is 0 Å². The fourth-order valence-corrected chi connectivity index (χ4v) is 1.66. The molecule has 1 aliphatic rings. The monoisotopic (exact) mass is 175 g/mol. The molecule has 1 heterocycles. The van der Waals surface area contributed by atoms with Crippen molar-refractivity contribution in [3.63, 3.8) is 0 Å². The lowest BCUT2D eigenvalue weighted by Crippen LogP contribution is -2.09. The summed E-state index contributed by atoms with van der Waals surface area (Å²) in [5.74, 6) is 0.793. The van der Waals surface area contributed by atoms with Crippen molar-refractivity contribution in [1.82, 2.24) is 0 Å². The van der Waals surface area contributed by atoms with Crippen molar-refractivity contribution >= 4 is 5.90 Å². The number of aliphatic imine (C=N–C) groups is 1. The Balaban J connectivity index is 2.21. The van der Waals surface area contributed by atoms with Crippen LogP contribution < -0.4 is 0 Å². The van der Waals surface area contributed by atoms with Crippen molar-refractivity contribution in [3.05, 3.63) is 35.9 Å². The smallest absolute Gasteiger partial charge is 0.181 e. The van der Waals surface area contributed by atoms with Crippen LogP contribution in [0.3, 0.4) is 0 Å². The zero-order valence-corrected chi connectivity index (χ0v) is 7.90. The Labute approximate surface area is 78.3 Å². The Morgan fingerprint density at radius 3 is 2.46 bits per heavy atom. The summed E-state index contributed by atoms with van der Waals surface area (Å²) in [6.45, 7) is 3.98. The van der Waals surface area contributed by atoms with Crippen LogP contribution in [-0.2, 0) is 4.74 Å². The standard InChI is InChI=1S/C11H13NO/c1-8-11(13-9(2)12-8)10-6-4-3-5-7-10/h3-8,11H,1-2H3/t8-,11-/m1/s1. The van der Waals surface area contributed by atoms with Crippen LogP contribution in [-0.4, -0.2) is 11.9 Å². The first kappa shape index (κ1) is 8.30. The maximum absolute atomic E-state index is 5.61. The number of nitrogens with zero attached hydrogens (tertiary/aromatic N) is 1. The van der Waals surface area contributed by atoms with Crippen molar-refractivity contribution in [1.29, 1.82) is 0 Å². The molecule has 0 bridgehead atoms. The van der Waals surface area contributed by atoms with Gasteiger partial charge in [-0.1, -0.05) is 30.3 Å². The molecule has 2 heteroatoms. The first-order valence-corrected chi connectivity index (χ1v) is 4.53. The summed E-state index contributed by atoms with van der Waals surface area (Å²) < 4.78 is 5.61. The van der Waals surface area contributed by atoms with Gasteiger partial charge in [-0.15, -0.1) is 0 Å². The molecule has 0 fully saturated rings. The van der Waals surface area contributed by atoms with E-state index < -0.39 is 0 Å². The van der Waals surface area contributed by atoms with Gasteiger partial charge in [0, 0.05) is 6.92 Å².